The molecule has 1 aromatic heterocycles. The highest BCUT2D eigenvalue weighted by Crippen LogP contribution is 2.27. The number of aromatic amines is 1. The second kappa shape index (κ2) is 4.70. The van der Waals surface area contributed by atoms with E-state index in [0.717, 1.165) is 11.8 Å². The first-order valence-corrected chi connectivity index (χ1v) is 8.10. The molecule has 7 heteroatoms. The summed E-state index contributed by atoms with van der Waals surface area (Å²) in [4.78, 5) is 0.340. The van der Waals surface area contributed by atoms with Gasteiger partial charge < -0.3 is 0 Å². The van der Waals surface area contributed by atoms with Gasteiger partial charge in [0.1, 0.15) is 4.90 Å². The average Bonchev–Trinajstić information content (AvgIpc) is 2.85. The molecule has 2 heterocycles. The molecule has 5 nitrogen and oxygen atoms in total. The van der Waals surface area contributed by atoms with Gasteiger partial charge in [0.05, 0.1) is 11.4 Å². The van der Waals surface area contributed by atoms with E-state index in [4.69, 9.17) is 0 Å². The summed E-state index contributed by atoms with van der Waals surface area (Å²) >= 11 is 3.41. The van der Waals surface area contributed by atoms with Gasteiger partial charge in [-0.25, -0.2) is 8.42 Å². The van der Waals surface area contributed by atoms with Crippen LogP contribution in [0.3, 0.4) is 0 Å². The van der Waals surface area contributed by atoms with Crippen LogP contribution in [0.25, 0.3) is 0 Å². The van der Waals surface area contributed by atoms with E-state index in [0.29, 0.717) is 35.3 Å². The molecule has 1 aliphatic rings. The topological polar surface area (TPSA) is 66.1 Å². The van der Waals surface area contributed by atoms with E-state index < -0.39 is 10.0 Å². The first kappa shape index (κ1) is 13.0. The van der Waals surface area contributed by atoms with Gasteiger partial charge in [-0.05, 0) is 26.2 Å². The second-order valence-electron chi connectivity index (χ2n) is 4.44. The molecule has 1 aliphatic heterocycles. The van der Waals surface area contributed by atoms with Crippen molar-refractivity contribution in [1.29, 1.82) is 0 Å². The second-order valence-corrected chi connectivity index (χ2v) is 6.96. The van der Waals surface area contributed by atoms with Crippen molar-refractivity contribution in [2.24, 2.45) is 5.92 Å². The zero-order valence-corrected chi connectivity index (χ0v) is 12.3. The number of aromatic nitrogens is 2. The fourth-order valence-corrected chi connectivity index (χ4v) is 4.58. The normalized spacial score (nSPS) is 22.2. The number of hydrogen-bond acceptors (Lipinski definition) is 3. The molecule has 17 heavy (non-hydrogen) atoms. The Morgan fingerprint density at radius 1 is 1.53 bits per heavy atom. The number of halogens is 1. The molecular formula is C10H16BrN3O2S. The van der Waals surface area contributed by atoms with E-state index in [2.05, 4.69) is 26.1 Å². The Kier molecular flexibility index (Phi) is 3.61. The maximum Gasteiger partial charge on any atom is 0.246 e. The van der Waals surface area contributed by atoms with Crippen LogP contribution in [0.5, 0.6) is 0 Å². The van der Waals surface area contributed by atoms with Gasteiger partial charge in [0, 0.05) is 18.4 Å². The molecule has 0 aliphatic carbocycles. The number of aryl methyl sites for hydroxylation is 2. The number of hydrogen-bond donors (Lipinski definition) is 1. The summed E-state index contributed by atoms with van der Waals surface area (Å²) < 4.78 is 26.5. The zero-order chi connectivity index (χ0) is 12.6. The molecule has 1 atom stereocenters. The van der Waals surface area contributed by atoms with E-state index in [1.54, 1.807) is 18.2 Å². The van der Waals surface area contributed by atoms with Gasteiger partial charge in [0.2, 0.25) is 10.0 Å². The summed E-state index contributed by atoms with van der Waals surface area (Å²) in [6.07, 6.45) is 0.917. The smallest absolute Gasteiger partial charge is 0.246 e. The van der Waals surface area contributed by atoms with Crippen molar-refractivity contribution < 1.29 is 8.42 Å². The summed E-state index contributed by atoms with van der Waals surface area (Å²) in [5.41, 5.74) is 1.16. The summed E-state index contributed by atoms with van der Waals surface area (Å²) in [5.74, 6) is 0.414. The van der Waals surface area contributed by atoms with E-state index in [-0.39, 0.29) is 0 Å². The Labute approximate surface area is 110 Å². The van der Waals surface area contributed by atoms with Crippen LogP contribution in [0.4, 0.5) is 0 Å². The molecule has 1 N–H and O–H groups in total. The van der Waals surface area contributed by atoms with E-state index in [9.17, 15) is 8.42 Å². The zero-order valence-electron chi connectivity index (χ0n) is 9.90. The van der Waals surface area contributed by atoms with E-state index in [1.807, 2.05) is 0 Å². The number of H-pyrrole nitrogens is 1. The minimum Gasteiger partial charge on any atom is -0.281 e. The maximum absolute atomic E-state index is 12.4. The number of sulfonamides is 1. The molecule has 0 radical (unpaired) electrons. The van der Waals surface area contributed by atoms with Crippen molar-refractivity contribution in [2.75, 3.05) is 18.4 Å². The van der Waals surface area contributed by atoms with Crippen LogP contribution in [0.15, 0.2) is 4.90 Å². The van der Waals surface area contributed by atoms with Crippen molar-refractivity contribution >= 4 is 26.0 Å². The van der Waals surface area contributed by atoms with Gasteiger partial charge in [-0.2, -0.15) is 9.40 Å². The summed E-state index contributed by atoms with van der Waals surface area (Å²) in [7, 11) is -3.38. The first-order chi connectivity index (χ1) is 7.96. The van der Waals surface area contributed by atoms with Crippen LogP contribution in [0, 0.1) is 19.8 Å². The van der Waals surface area contributed by atoms with Crippen LogP contribution in [-0.4, -0.2) is 41.3 Å². The largest absolute Gasteiger partial charge is 0.281 e. The third-order valence-corrected chi connectivity index (χ3v) is 6.17. The Morgan fingerprint density at radius 2 is 2.24 bits per heavy atom. The quantitative estimate of drug-likeness (QED) is 0.856. The molecule has 0 aromatic carbocycles. The maximum atomic E-state index is 12.4. The Bertz CT molecular complexity index is 492. The van der Waals surface area contributed by atoms with Crippen molar-refractivity contribution in [2.45, 2.75) is 25.2 Å². The van der Waals surface area contributed by atoms with Crippen LogP contribution < -0.4 is 0 Å². The Balaban J connectivity index is 2.32. The third-order valence-electron chi connectivity index (χ3n) is 3.13. The lowest BCUT2D eigenvalue weighted by molar-refractivity contribution is 0.465. The van der Waals surface area contributed by atoms with Crippen LogP contribution in [0.1, 0.15) is 17.8 Å². The fraction of sp³-hybridized carbons (Fsp3) is 0.700. The molecule has 1 unspecified atom stereocenters. The standard InChI is InChI=1S/C10H16BrN3O2S/c1-7-10(8(2)13-12-7)17(15,16)14-4-3-9(5-11)6-14/h9H,3-6H2,1-2H3,(H,12,13). The lowest BCUT2D eigenvalue weighted by Crippen LogP contribution is -2.29. The minimum atomic E-state index is -3.38. The van der Waals surface area contributed by atoms with Crippen LogP contribution >= 0.6 is 15.9 Å². The fourth-order valence-electron chi connectivity index (χ4n) is 2.19. The molecule has 0 spiro atoms. The Hall–Kier alpha value is -0.400. The average molecular weight is 322 g/mol. The number of nitrogens with zero attached hydrogens (tertiary/aromatic N) is 2. The number of rotatable bonds is 3. The molecule has 1 fully saturated rings. The molecule has 0 bridgehead atoms. The third kappa shape index (κ3) is 2.28. The van der Waals surface area contributed by atoms with Crippen molar-refractivity contribution in [3.8, 4) is 0 Å². The molecule has 1 saturated heterocycles. The van der Waals surface area contributed by atoms with Crippen molar-refractivity contribution in [3.05, 3.63) is 11.4 Å². The van der Waals surface area contributed by atoms with Crippen LogP contribution in [-0.2, 0) is 10.0 Å². The van der Waals surface area contributed by atoms with Crippen molar-refractivity contribution in [1.82, 2.24) is 14.5 Å². The lowest BCUT2D eigenvalue weighted by atomic mass is 10.2. The van der Waals surface area contributed by atoms with Crippen LogP contribution in [0.2, 0.25) is 0 Å². The summed E-state index contributed by atoms with van der Waals surface area (Å²) in [6, 6.07) is 0. The number of alkyl halides is 1. The Morgan fingerprint density at radius 3 is 2.71 bits per heavy atom. The van der Waals surface area contributed by atoms with Gasteiger partial charge in [-0.1, -0.05) is 15.9 Å². The lowest BCUT2D eigenvalue weighted by Gasteiger charge is -2.16. The SMILES string of the molecule is Cc1n[nH]c(C)c1S(=O)(=O)N1CCC(CBr)C1. The highest BCUT2D eigenvalue weighted by Gasteiger charge is 2.34. The number of nitrogens with one attached hydrogen (secondary N) is 1. The molecule has 0 saturated carbocycles. The van der Waals surface area contributed by atoms with Gasteiger partial charge in [-0.15, -0.1) is 0 Å². The predicted octanol–water partition coefficient (Wildman–Crippen LogP) is 1.43. The van der Waals surface area contributed by atoms with Gasteiger partial charge in [0.25, 0.3) is 0 Å². The summed E-state index contributed by atoms with van der Waals surface area (Å²) in [5, 5.41) is 7.53. The van der Waals surface area contributed by atoms with Crippen molar-refractivity contribution in [3.63, 3.8) is 0 Å². The minimum absolute atomic E-state index is 0.340. The van der Waals surface area contributed by atoms with Gasteiger partial charge >= 0.3 is 0 Å². The summed E-state index contributed by atoms with van der Waals surface area (Å²) in [6.45, 7) is 4.65. The molecule has 0 amide bonds. The van der Waals surface area contributed by atoms with Gasteiger partial charge in [-0.3, -0.25) is 5.10 Å². The molecule has 2 rings (SSSR count). The molecule has 96 valence electrons. The first-order valence-electron chi connectivity index (χ1n) is 5.54. The van der Waals surface area contributed by atoms with E-state index in [1.165, 1.54) is 0 Å². The van der Waals surface area contributed by atoms with E-state index >= 15 is 0 Å². The monoisotopic (exact) mass is 321 g/mol. The highest BCUT2D eigenvalue weighted by molar-refractivity contribution is 9.09. The predicted molar refractivity (Wildman–Crippen MR) is 68.7 cm³/mol. The molecule has 1 aromatic rings. The van der Waals surface area contributed by atoms with Gasteiger partial charge in [0.15, 0.2) is 0 Å². The highest BCUT2D eigenvalue weighted by atomic mass is 79.9. The molecular weight excluding hydrogens is 306 g/mol.